The number of aliphatic imine (C=N–C) groups is 1. The Hall–Kier alpha value is -0.380. The second-order valence-corrected chi connectivity index (χ2v) is 6.17. The number of hydrogen-bond acceptors (Lipinski definition) is 4. The van der Waals surface area contributed by atoms with E-state index < -0.39 is 0 Å². The lowest BCUT2D eigenvalue weighted by atomic mass is 9.84. The van der Waals surface area contributed by atoms with E-state index >= 15 is 0 Å². The van der Waals surface area contributed by atoms with E-state index in [1.165, 1.54) is 4.88 Å². The Morgan fingerprint density at radius 2 is 2.38 bits per heavy atom. The van der Waals surface area contributed by atoms with E-state index in [0.717, 1.165) is 38.5 Å². The Morgan fingerprint density at radius 1 is 1.52 bits per heavy atom. The third-order valence-electron chi connectivity index (χ3n) is 3.69. The molecule has 0 spiro atoms. The summed E-state index contributed by atoms with van der Waals surface area (Å²) in [5.41, 5.74) is 0.0370. The van der Waals surface area contributed by atoms with Gasteiger partial charge in [0.15, 0.2) is 5.96 Å². The predicted molar refractivity (Wildman–Crippen MR) is 97.5 cm³/mol. The van der Waals surface area contributed by atoms with Crippen molar-refractivity contribution in [1.82, 2.24) is 10.6 Å². The molecule has 7 heteroatoms. The number of hydrogen-bond donors (Lipinski definition) is 3. The third kappa shape index (κ3) is 5.72. The molecule has 1 unspecified atom stereocenters. The lowest BCUT2D eigenvalue weighted by Gasteiger charge is -2.27. The molecular formula is C14H24IN3O2S. The highest BCUT2D eigenvalue weighted by atomic mass is 127. The minimum absolute atomic E-state index is 0. The van der Waals surface area contributed by atoms with Gasteiger partial charge in [0, 0.05) is 37.1 Å². The van der Waals surface area contributed by atoms with Gasteiger partial charge in [-0.25, -0.2) is 0 Å². The molecule has 0 bridgehead atoms. The number of aliphatic hydroxyl groups is 1. The molecule has 0 aliphatic carbocycles. The minimum Gasteiger partial charge on any atom is -0.396 e. The fourth-order valence-electron chi connectivity index (χ4n) is 2.39. The Balaban J connectivity index is 0.00000220. The van der Waals surface area contributed by atoms with Crippen LogP contribution in [0.1, 0.15) is 17.7 Å². The van der Waals surface area contributed by atoms with E-state index in [9.17, 15) is 5.11 Å². The summed E-state index contributed by atoms with van der Waals surface area (Å²) in [6.45, 7) is 3.25. The molecule has 1 aliphatic rings. The van der Waals surface area contributed by atoms with Crippen LogP contribution in [0.2, 0.25) is 0 Å². The van der Waals surface area contributed by atoms with Crippen LogP contribution in [-0.2, 0) is 11.3 Å². The Labute approximate surface area is 147 Å². The van der Waals surface area contributed by atoms with Crippen LogP contribution in [0.15, 0.2) is 22.5 Å². The van der Waals surface area contributed by atoms with E-state index in [1.54, 1.807) is 18.4 Å². The van der Waals surface area contributed by atoms with E-state index in [1.807, 2.05) is 6.07 Å². The van der Waals surface area contributed by atoms with E-state index in [-0.39, 0.29) is 36.0 Å². The molecule has 21 heavy (non-hydrogen) atoms. The topological polar surface area (TPSA) is 65.9 Å². The van der Waals surface area contributed by atoms with Gasteiger partial charge in [-0.05, 0) is 24.3 Å². The summed E-state index contributed by atoms with van der Waals surface area (Å²) < 4.78 is 5.49. The molecular weight excluding hydrogens is 401 g/mol. The lowest BCUT2D eigenvalue weighted by molar-refractivity contribution is 0.127. The smallest absolute Gasteiger partial charge is 0.191 e. The number of halogens is 1. The average Bonchev–Trinajstić information content (AvgIpc) is 3.11. The van der Waals surface area contributed by atoms with Gasteiger partial charge in [-0.15, -0.1) is 35.3 Å². The minimum atomic E-state index is 0. The predicted octanol–water partition coefficient (Wildman–Crippen LogP) is 1.82. The standard InChI is InChI=1S/C14H23N3O2S.HI/c1-15-13(16-9-12-3-2-8-20-12)17-10-14(4-6-18)5-7-19-11-14;/h2-3,8,18H,4-7,9-11H2,1H3,(H2,15,16,17);1H. The summed E-state index contributed by atoms with van der Waals surface area (Å²) in [5, 5.41) is 17.9. The summed E-state index contributed by atoms with van der Waals surface area (Å²) in [5.74, 6) is 0.794. The molecule has 1 atom stereocenters. The van der Waals surface area contributed by atoms with E-state index in [2.05, 4.69) is 27.1 Å². The van der Waals surface area contributed by atoms with Crippen LogP contribution in [0.4, 0.5) is 0 Å². The van der Waals surface area contributed by atoms with Crippen LogP contribution in [0.5, 0.6) is 0 Å². The van der Waals surface area contributed by atoms with Crippen molar-refractivity contribution in [3.05, 3.63) is 22.4 Å². The first-order valence-corrected chi connectivity index (χ1v) is 7.81. The average molecular weight is 425 g/mol. The summed E-state index contributed by atoms with van der Waals surface area (Å²) in [4.78, 5) is 5.52. The molecule has 0 amide bonds. The number of nitrogens with one attached hydrogen (secondary N) is 2. The quantitative estimate of drug-likeness (QED) is 0.370. The first-order valence-electron chi connectivity index (χ1n) is 6.93. The zero-order chi connectivity index (χ0) is 14.3. The van der Waals surface area contributed by atoms with Crippen molar-refractivity contribution in [2.75, 3.05) is 33.4 Å². The second kappa shape index (κ2) is 9.60. The Morgan fingerprint density at radius 3 is 2.95 bits per heavy atom. The highest BCUT2D eigenvalue weighted by Gasteiger charge is 2.34. The summed E-state index contributed by atoms with van der Waals surface area (Å²) in [6.07, 6.45) is 1.75. The van der Waals surface area contributed by atoms with Crippen LogP contribution in [-0.4, -0.2) is 44.5 Å². The highest BCUT2D eigenvalue weighted by Crippen LogP contribution is 2.31. The molecule has 0 radical (unpaired) electrons. The molecule has 2 heterocycles. The van der Waals surface area contributed by atoms with Crippen molar-refractivity contribution >= 4 is 41.3 Å². The second-order valence-electron chi connectivity index (χ2n) is 5.13. The summed E-state index contributed by atoms with van der Waals surface area (Å²) >= 11 is 1.73. The van der Waals surface area contributed by atoms with Crippen LogP contribution in [0, 0.1) is 5.41 Å². The number of ether oxygens (including phenoxy) is 1. The molecule has 2 rings (SSSR count). The van der Waals surface area contributed by atoms with Gasteiger partial charge in [0.25, 0.3) is 0 Å². The van der Waals surface area contributed by atoms with Gasteiger partial charge >= 0.3 is 0 Å². The molecule has 1 aromatic heterocycles. The van der Waals surface area contributed by atoms with Gasteiger partial charge in [-0.3, -0.25) is 4.99 Å². The van der Waals surface area contributed by atoms with Crippen molar-refractivity contribution in [1.29, 1.82) is 0 Å². The van der Waals surface area contributed by atoms with Gasteiger partial charge in [0.2, 0.25) is 0 Å². The van der Waals surface area contributed by atoms with Crippen molar-refractivity contribution in [2.45, 2.75) is 19.4 Å². The first-order chi connectivity index (χ1) is 9.78. The zero-order valence-corrected chi connectivity index (χ0v) is 15.4. The van der Waals surface area contributed by atoms with Crippen LogP contribution in [0.25, 0.3) is 0 Å². The third-order valence-corrected chi connectivity index (χ3v) is 4.57. The van der Waals surface area contributed by atoms with Crippen molar-refractivity contribution in [2.24, 2.45) is 10.4 Å². The number of guanidine groups is 1. The normalized spacial score (nSPS) is 21.9. The highest BCUT2D eigenvalue weighted by molar-refractivity contribution is 14.0. The van der Waals surface area contributed by atoms with Gasteiger partial charge in [0.05, 0.1) is 13.2 Å². The van der Waals surface area contributed by atoms with Crippen molar-refractivity contribution in [3.8, 4) is 0 Å². The lowest BCUT2D eigenvalue weighted by Crippen LogP contribution is -2.44. The van der Waals surface area contributed by atoms with Crippen LogP contribution in [0.3, 0.4) is 0 Å². The monoisotopic (exact) mass is 425 g/mol. The summed E-state index contributed by atoms with van der Waals surface area (Å²) in [6, 6.07) is 4.15. The number of thiophene rings is 1. The van der Waals surface area contributed by atoms with Gasteiger partial charge < -0.3 is 20.5 Å². The number of rotatable bonds is 6. The molecule has 1 saturated heterocycles. The largest absolute Gasteiger partial charge is 0.396 e. The number of aliphatic hydroxyl groups excluding tert-OH is 1. The molecule has 5 nitrogen and oxygen atoms in total. The van der Waals surface area contributed by atoms with Gasteiger partial charge in [-0.2, -0.15) is 0 Å². The maximum atomic E-state index is 9.21. The van der Waals surface area contributed by atoms with E-state index in [0.29, 0.717) is 6.61 Å². The molecule has 120 valence electrons. The fraction of sp³-hybridized carbons (Fsp3) is 0.643. The Bertz CT molecular complexity index is 420. The molecule has 1 fully saturated rings. The molecule has 1 aromatic rings. The molecule has 1 aliphatic heterocycles. The van der Waals surface area contributed by atoms with Gasteiger partial charge in [0.1, 0.15) is 0 Å². The summed E-state index contributed by atoms with van der Waals surface area (Å²) in [7, 11) is 1.77. The fourth-order valence-corrected chi connectivity index (χ4v) is 3.03. The molecule has 3 N–H and O–H groups in total. The SMILES string of the molecule is CN=C(NCc1cccs1)NCC1(CCO)CCOC1.I. The van der Waals surface area contributed by atoms with Crippen molar-refractivity contribution < 1.29 is 9.84 Å². The van der Waals surface area contributed by atoms with Crippen LogP contribution >= 0.6 is 35.3 Å². The van der Waals surface area contributed by atoms with Gasteiger partial charge in [-0.1, -0.05) is 6.07 Å². The maximum Gasteiger partial charge on any atom is 0.191 e. The Kier molecular flexibility index (Phi) is 8.53. The molecule has 0 aromatic carbocycles. The number of nitrogens with zero attached hydrogens (tertiary/aromatic N) is 1. The van der Waals surface area contributed by atoms with Crippen LogP contribution < -0.4 is 10.6 Å². The zero-order valence-electron chi connectivity index (χ0n) is 12.3. The first kappa shape index (κ1) is 18.7. The van der Waals surface area contributed by atoms with Crippen molar-refractivity contribution in [3.63, 3.8) is 0 Å². The molecule has 0 saturated carbocycles. The van der Waals surface area contributed by atoms with E-state index in [4.69, 9.17) is 4.74 Å². The maximum absolute atomic E-state index is 9.21.